The van der Waals surface area contributed by atoms with Crippen LogP contribution in [0.3, 0.4) is 0 Å². The number of aliphatic hydroxyl groups is 1. The van der Waals surface area contributed by atoms with Crippen LogP contribution in [0.25, 0.3) is 0 Å². The smallest absolute Gasteiger partial charge is 0.387 e. The monoisotopic (exact) mass is 304 g/mol. The second-order valence-electron chi connectivity index (χ2n) is 3.90. The summed E-state index contributed by atoms with van der Waals surface area (Å²) in [6, 6.07) is 3.07. The van der Waals surface area contributed by atoms with Gasteiger partial charge in [-0.1, -0.05) is 0 Å². The van der Waals surface area contributed by atoms with Crippen molar-refractivity contribution in [3.05, 3.63) is 24.3 Å². The first-order valence-electron chi connectivity index (χ1n) is 5.88. The molecule has 0 unspecified atom stereocenters. The quantitative estimate of drug-likeness (QED) is 0.606. The molecule has 0 radical (unpaired) electrons. The predicted molar refractivity (Wildman–Crippen MR) is 68.4 cm³/mol. The Morgan fingerprint density at radius 2 is 1.86 bits per heavy atom. The highest BCUT2D eigenvalue weighted by Crippen LogP contribution is 2.17. The Balaban J connectivity index is 2.56. The van der Waals surface area contributed by atoms with Gasteiger partial charge in [-0.2, -0.15) is 8.78 Å². The lowest BCUT2D eigenvalue weighted by molar-refractivity contribution is -0.139. The number of hydrogen-bond donors (Lipinski definition) is 4. The fraction of sp³-hybridized carbons (Fsp3) is 0.333. The SMILES string of the molecule is O=C(Nc1ccc(OC(F)F)cc1)N[C@H](CCO)C(=O)O. The Bertz CT molecular complexity index is 481. The van der Waals surface area contributed by atoms with Crippen molar-refractivity contribution in [2.45, 2.75) is 19.1 Å². The van der Waals surface area contributed by atoms with Crippen molar-refractivity contribution in [2.24, 2.45) is 0 Å². The Kier molecular flexibility index (Phi) is 6.34. The molecule has 7 nitrogen and oxygen atoms in total. The Hall–Kier alpha value is -2.42. The fourth-order valence-corrected chi connectivity index (χ4v) is 1.43. The number of aliphatic carboxylic acids is 1. The number of benzene rings is 1. The third-order valence-electron chi connectivity index (χ3n) is 2.36. The Morgan fingerprint density at radius 1 is 1.24 bits per heavy atom. The van der Waals surface area contributed by atoms with Gasteiger partial charge >= 0.3 is 18.6 Å². The molecule has 21 heavy (non-hydrogen) atoms. The van der Waals surface area contributed by atoms with Crippen molar-refractivity contribution < 1.29 is 33.3 Å². The van der Waals surface area contributed by atoms with Crippen LogP contribution < -0.4 is 15.4 Å². The number of hydrogen-bond acceptors (Lipinski definition) is 4. The highest BCUT2D eigenvalue weighted by atomic mass is 19.3. The third kappa shape index (κ3) is 6.04. The molecule has 0 spiro atoms. The van der Waals surface area contributed by atoms with E-state index in [4.69, 9.17) is 10.2 Å². The molecule has 2 amide bonds. The normalized spacial score (nSPS) is 11.8. The van der Waals surface area contributed by atoms with Gasteiger partial charge in [-0.15, -0.1) is 0 Å². The van der Waals surface area contributed by atoms with Gasteiger partial charge in [-0.25, -0.2) is 9.59 Å². The molecule has 0 saturated carbocycles. The maximum atomic E-state index is 11.9. The number of halogens is 2. The molecule has 0 aliphatic carbocycles. The summed E-state index contributed by atoms with van der Waals surface area (Å²) < 4.78 is 28.0. The molecule has 1 aromatic carbocycles. The van der Waals surface area contributed by atoms with Crippen molar-refractivity contribution in [1.82, 2.24) is 5.32 Å². The number of anilines is 1. The highest BCUT2D eigenvalue weighted by molar-refractivity contribution is 5.92. The number of rotatable bonds is 7. The molecule has 1 aromatic rings. The molecule has 116 valence electrons. The molecule has 0 aliphatic heterocycles. The zero-order chi connectivity index (χ0) is 15.8. The van der Waals surface area contributed by atoms with Crippen LogP contribution in [0.15, 0.2) is 24.3 Å². The number of carboxylic acids is 1. The maximum Gasteiger partial charge on any atom is 0.387 e. The summed E-state index contributed by atoms with van der Waals surface area (Å²) in [5.74, 6) is -1.35. The largest absolute Gasteiger partial charge is 0.480 e. The lowest BCUT2D eigenvalue weighted by Gasteiger charge is -2.14. The van der Waals surface area contributed by atoms with Crippen molar-refractivity contribution >= 4 is 17.7 Å². The average molecular weight is 304 g/mol. The molecule has 4 N–H and O–H groups in total. The number of aliphatic hydroxyl groups excluding tert-OH is 1. The number of alkyl halides is 2. The van der Waals surface area contributed by atoms with Gasteiger partial charge in [-0.3, -0.25) is 0 Å². The van der Waals surface area contributed by atoms with Crippen LogP contribution >= 0.6 is 0 Å². The van der Waals surface area contributed by atoms with Gasteiger partial charge < -0.3 is 25.6 Å². The summed E-state index contributed by atoms with van der Waals surface area (Å²) in [6.45, 7) is -3.33. The van der Waals surface area contributed by atoms with E-state index < -0.39 is 31.3 Å². The van der Waals surface area contributed by atoms with Crippen molar-refractivity contribution in [3.8, 4) is 5.75 Å². The summed E-state index contributed by atoms with van der Waals surface area (Å²) in [5, 5.41) is 22.0. The minimum atomic E-state index is -2.94. The van der Waals surface area contributed by atoms with Crippen LogP contribution in [-0.2, 0) is 4.79 Å². The number of urea groups is 1. The Labute approximate surface area is 118 Å². The van der Waals surface area contributed by atoms with Crippen LogP contribution in [0.2, 0.25) is 0 Å². The first kappa shape index (κ1) is 16.6. The second kappa shape index (κ2) is 8.00. The second-order valence-corrected chi connectivity index (χ2v) is 3.90. The van der Waals surface area contributed by atoms with Gasteiger partial charge in [0.15, 0.2) is 0 Å². The molecule has 1 rings (SSSR count). The van der Waals surface area contributed by atoms with Crippen LogP contribution in [0, 0.1) is 0 Å². The summed E-state index contributed by atoms with van der Waals surface area (Å²) in [5.41, 5.74) is 0.266. The predicted octanol–water partition coefficient (Wildman–Crippen LogP) is 1.25. The zero-order valence-corrected chi connectivity index (χ0v) is 10.8. The molecular weight excluding hydrogens is 290 g/mol. The molecule has 1 atom stereocenters. The van der Waals surface area contributed by atoms with Crippen LogP contribution in [0.5, 0.6) is 5.75 Å². The molecule has 0 aliphatic rings. The maximum absolute atomic E-state index is 11.9. The van der Waals surface area contributed by atoms with E-state index >= 15 is 0 Å². The van der Waals surface area contributed by atoms with Crippen molar-refractivity contribution in [1.29, 1.82) is 0 Å². The van der Waals surface area contributed by atoms with E-state index in [0.29, 0.717) is 0 Å². The molecular formula is C12H14F2N2O5. The third-order valence-corrected chi connectivity index (χ3v) is 2.36. The first-order chi connectivity index (χ1) is 9.92. The summed E-state index contributed by atoms with van der Waals surface area (Å²) >= 11 is 0. The number of carboxylic acid groups (broad SMARTS) is 1. The van der Waals surface area contributed by atoms with E-state index in [1.54, 1.807) is 0 Å². The van der Waals surface area contributed by atoms with Gasteiger partial charge in [0.1, 0.15) is 11.8 Å². The van der Waals surface area contributed by atoms with E-state index in [-0.39, 0.29) is 17.9 Å². The van der Waals surface area contributed by atoms with Crippen LogP contribution in [0.4, 0.5) is 19.3 Å². The lowest BCUT2D eigenvalue weighted by atomic mass is 10.2. The molecule has 0 bridgehead atoms. The summed E-state index contributed by atoms with van der Waals surface area (Å²) in [6.07, 6.45) is -0.135. The number of carbonyl (C=O) groups excluding carboxylic acids is 1. The molecule has 0 fully saturated rings. The number of ether oxygens (including phenoxy) is 1. The van der Waals surface area contributed by atoms with Crippen LogP contribution in [-0.4, -0.2) is 41.5 Å². The number of amides is 2. The number of carbonyl (C=O) groups is 2. The summed E-state index contributed by atoms with van der Waals surface area (Å²) in [4.78, 5) is 22.3. The van der Waals surface area contributed by atoms with Gasteiger partial charge in [0, 0.05) is 18.7 Å². The topological polar surface area (TPSA) is 108 Å². The van der Waals surface area contributed by atoms with Gasteiger partial charge in [-0.05, 0) is 24.3 Å². The van der Waals surface area contributed by atoms with E-state index in [2.05, 4.69) is 15.4 Å². The van der Waals surface area contributed by atoms with E-state index in [1.165, 1.54) is 24.3 Å². The van der Waals surface area contributed by atoms with Gasteiger partial charge in [0.2, 0.25) is 0 Å². The van der Waals surface area contributed by atoms with Crippen molar-refractivity contribution in [3.63, 3.8) is 0 Å². The average Bonchev–Trinajstić information content (AvgIpc) is 2.40. The highest BCUT2D eigenvalue weighted by Gasteiger charge is 2.19. The van der Waals surface area contributed by atoms with Crippen molar-refractivity contribution in [2.75, 3.05) is 11.9 Å². The van der Waals surface area contributed by atoms with E-state index in [0.717, 1.165) is 0 Å². The zero-order valence-electron chi connectivity index (χ0n) is 10.8. The minimum absolute atomic E-state index is 0.0698. The van der Waals surface area contributed by atoms with Gasteiger partial charge in [0.05, 0.1) is 0 Å². The minimum Gasteiger partial charge on any atom is -0.480 e. The fourth-order valence-electron chi connectivity index (χ4n) is 1.43. The van der Waals surface area contributed by atoms with Crippen LogP contribution in [0.1, 0.15) is 6.42 Å². The standard InChI is InChI=1S/C12H14F2N2O5/c13-11(14)21-8-3-1-7(2-4-8)15-12(20)16-9(5-6-17)10(18)19/h1-4,9,11,17H,5-6H2,(H,18,19)(H2,15,16,20)/t9-/m1/s1. The van der Waals surface area contributed by atoms with E-state index in [1.807, 2.05) is 0 Å². The number of nitrogens with one attached hydrogen (secondary N) is 2. The lowest BCUT2D eigenvalue weighted by Crippen LogP contribution is -2.43. The first-order valence-corrected chi connectivity index (χ1v) is 5.88. The molecule has 9 heteroatoms. The summed E-state index contributed by atoms with van der Waals surface area (Å²) in [7, 11) is 0. The van der Waals surface area contributed by atoms with Gasteiger partial charge in [0.25, 0.3) is 0 Å². The molecule has 0 heterocycles. The van der Waals surface area contributed by atoms with E-state index in [9.17, 15) is 18.4 Å². The molecule has 0 aromatic heterocycles. The molecule has 0 saturated heterocycles. The Morgan fingerprint density at radius 3 is 2.33 bits per heavy atom.